The first-order valence-electron chi connectivity index (χ1n) is 5.89. The number of nitrogens with two attached hydrogens (primary N) is 1. The third kappa shape index (κ3) is 3.24. The Balaban J connectivity index is 2.26. The summed E-state index contributed by atoms with van der Waals surface area (Å²) >= 11 is 0. The van der Waals surface area contributed by atoms with Gasteiger partial charge in [0.15, 0.2) is 5.84 Å². The van der Waals surface area contributed by atoms with Gasteiger partial charge in [0.1, 0.15) is 11.4 Å². The largest absolute Gasteiger partial charge is 0.495 e. The maximum atomic E-state index is 12.0. The minimum Gasteiger partial charge on any atom is -0.495 e. The van der Waals surface area contributed by atoms with E-state index in [0.717, 1.165) is 0 Å². The van der Waals surface area contributed by atoms with Crippen molar-refractivity contribution in [1.29, 1.82) is 0 Å². The summed E-state index contributed by atoms with van der Waals surface area (Å²) in [5.74, 6) is -0.102. The van der Waals surface area contributed by atoms with Gasteiger partial charge < -0.3 is 21.0 Å². The van der Waals surface area contributed by atoms with Gasteiger partial charge >= 0.3 is 0 Å². The first kappa shape index (κ1) is 14.3. The molecule has 0 aliphatic rings. The summed E-state index contributed by atoms with van der Waals surface area (Å²) in [5.41, 5.74) is 6.58. The van der Waals surface area contributed by atoms with Crippen LogP contribution in [0.4, 0.5) is 5.69 Å². The quantitative estimate of drug-likeness (QED) is 0.331. The number of rotatable bonds is 4. The molecular weight excluding hydrogens is 274 g/mol. The molecule has 4 N–H and O–H groups in total. The van der Waals surface area contributed by atoms with Crippen molar-refractivity contribution in [3.05, 3.63) is 48.0 Å². The van der Waals surface area contributed by atoms with Gasteiger partial charge in [-0.15, -0.1) is 0 Å². The number of oxime groups is 1. The van der Waals surface area contributed by atoms with Gasteiger partial charge in [-0.1, -0.05) is 5.16 Å². The van der Waals surface area contributed by atoms with E-state index in [0.29, 0.717) is 17.0 Å². The van der Waals surface area contributed by atoms with Gasteiger partial charge in [-0.3, -0.25) is 9.78 Å². The number of nitrogens with one attached hydrogen (secondary N) is 1. The van der Waals surface area contributed by atoms with E-state index in [2.05, 4.69) is 20.4 Å². The third-order valence-corrected chi connectivity index (χ3v) is 2.65. The molecule has 1 heterocycles. The Bertz CT molecular complexity index is 673. The van der Waals surface area contributed by atoms with Crippen LogP contribution in [0.2, 0.25) is 0 Å². The lowest BCUT2D eigenvalue weighted by Gasteiger charge is -2.11. The maximum absolute atomic E-state index is 12.0. The summed E-state index contributed by atoms with van der Waals surface area (Å²) < 4.78 is 5.17. The molecule has 1 amide bonds. The smallest absolute Gasteiger partial charge is 0.275 e. The lowest BCUT2D eigenvalue weighted by Crippen LogP contribution is -2.16. The van der Waals surface area contributed by atoms with Crippen molar-refractivity contribution in [3.8, 4) is 5.75 Å². The molecule has 2 aromatic rings. The fourth-order valence-electron chi connectivity index (χ4n) is 1.61. The summed E-state index contributed by atoms with van der Waals surface area (Å²) in [5, 5.41) is 14.2. The van der Waals surface area contributed by atoms with Gasteiger partial charge in [0, 0.05) is 18.0 Å². The highest BCUT2D eigenvalue weighted by Gasteiger charge is 2.12. The Morgan fingerprint density at radius 3 is 2.86 bits per heavy atom. The van der Waals surface area contributed by atoms with Gasteiger partial charge in [0.05, 0.1) is 19.0 Å². The second-order valence-corrected chi connectivity index (χ2v) is 3.95. The topological polar surface area (TPSA) is 123 Å². The maximum Gasteiger partial charge on any atom is 0.275 e. The van der Waals surface area contributed by atoms with Gasteiger partial charge in [-0.2, -0.15) is 0 Å². The Hall–Kier alpha value is -3.16. The molecule has 0 fully saturated rings. The Morgan fingerprint density at radius 2 is 2.24 bits per heavy atom. The van der Waals surface area contributed by atoms with Crippen LogP contribution in [0.25, 0.3) is 0 Å². The average molecular weight is 287 g/mol. The number of amides is 1. The van der Waals surface area contributed by atoms with Crippen LogP contribution < -0.4 is 15.8 Å². The Morgan fingerprint density at radius 1 is 1.43 bits per heavy atom. The minimum atomic E-state index is -0.419. The van der Waals surface area contributed by atoms with E-state index in [4.69, 9.17) is 15.7 Å². The number of carbonyl (C=O) groups is 1. The number of benzene rings is 1. The first-order valence-corrected chi connectivity index (χ1v) is 5.89. The van der Waals surface area contributed by atoms with Crippen molar-refractivity contribution in [2.45, 2.75) is 0 Å². The van der Waals surface area contributed by atoms with Crippen LogP contribution >= 0.6 is 0 Å². The van der Waals surface area contributed by atoms with E-state index >= 15 is 0 Å². The van der Waals surface area contributed by atoms with Gasteiger partial charge in [0.2, 0.25) is 0 Å². The molecule has 8 nitrogen and oxygen atoms in total. The molecule has 0 aliphatic heterocycles. The molecule has 0 bridgehead atoms. The van der Waals surface area contributed by atoms with Gasteiger partial charge in [-0.25, -0.2) is 4.98 Å². The van der Waals surface area contributed by atoms with Crippen molar-refractivity contribution in [1.82, 2.24) is 9.97 Å². The third-order valence-electron chi connectivity index (χ3n) is 2.65. The van der Waals surface area contributed by atoms with Crippen LogP contribution in [-0.4, -0.2) is 34.0 Å². The highest BCUT2D eigenvalue weighted by atomic mass is 16.5. The average Bonchev–Trinajstić information content (AvgIpc) is 2.55. The molecule has 0 atom stereocenters. The molecule has 1 aromatic carbocycles. The highest BCUT2D eigenvalue weighted by Crippen LogP contribution is 2.25. The molecule has 108 valence electrons. The zero-order chi connectivity index (χ0) is 15.2. The number of carbonyl (C=O) groups excluding carboxylic acids is 1. The van der Waals surface area contributed by atoms with Crippen LogP contribution in [0, 0.1) is 0 Å². The molecule has 0 spiro atoms. The van der Waals surface area contributed by atoms with Crippen LogP contribution in [0.3, 0.4) is 0 Å². The minimum absolute atomic E-state index is 0.0555. The van der Waals surface area contributed by atoms with Crippen molar-refractivity contribution in [2.75, 3.05) is 12.4 Å². The first-order chi connectivity index (χ1) is 10.2. The molecule has 0 saturated carbocycles. The number of nitrogens with zero attached hydrogens (tertiary/aromatic N) is 3. The Labute approximate surface area is 120 Å². The molecular formula is C13H13N5O3. The number of amidine groups is 1. The number of hydrogen-bond acceptors (Lipinski definition) is 6. The van der Waals surface area contributed by atoms with E-state index < -0.39 is 5.91 Å². The molecule has 0 radical (unpaired) electrons. The summed E-state index contributed by atoms with van der Waals surface area (Å²) in [4.78, 5) is 19.7. The van der Waals surface area contributed by atoms with E-state index in [1.165, 1.54) is 25.7 Å². The normalized spacial score (nSPS) is 11.0. The molecule has 8 heteroatoms. The predicted octanol–water partition coefficient (Wildman–Crippen LogP) is 0.832. The van der Waals surface area contributed by atoms with Crippen molar-refractivity contribution in [3.63, 3.8) is 0 Å². The monoisotopic (exact) mass is 287 g/mol. The summed E-state index contributed by atoms with van der Waals surface area (Å²) in [6.45, 7) is 0. The second kappa shape index (κ2) is 6.33. The van der Waals surface area contributed by atoms with E-state index in [-0.39, 0.29) is 11.5 Å². The molecule has 0 aliphatic carbocycles. The van der Waals surface area contributed by atoms with Crippen LogP contribution in [0.1, 0.15) is 16.1 Å². The molecule has 0 saturated heterocycles. The fourth-order valence-corrected chi connectivity index (χ4v) is 1.61. The molecule has 0 unspecified atom stereocenters. The summed E-state index contributed by atoms with van der Waals surface area (Å²) in [6.07, 6.45) is 4.25. The zero-order valence-corrected chi connectivity index (χ0v) is 11.1. The van der Waals surface area contributed by atoms with E-state index in [1.54, 1.807) is 18.2 Å². The fraction of sp³-hybridized carbons (Fsp3) is 0.0769. The van der Waals surface area contributed by atoms with E-state index in [1.807, 2.05) is 0 Å². The number of methoxy groups -OCH3 is 1. The standard InChI is InChI=1S/C13H13N5O3/c1-21-11-6-8(12(14)18-20)2-3-9(11)17-13(19)10-7-15-4-5-16-10/h2-7,20H,1H3,(H2,14,18)(H,17,19). The lowest BCUT2D eigenvalue weighted by molar-refractivity contribution is 0.102. The van der Waals surface area contributed by atoms with E-state index in [9.17, 15) is 4.79 Å². The Kier molecular flexibility index (Phi) is 4.30. The molecule has 2 rings (SSSR count). The summed E-state index contributed by atoms with van der Waals surface area (Å²) in [7, 11) is 1.45. The predicted molar refractivity (Wildman–Crippen MR) is 75.5 cm³/mol. The molecule has 1 aromatic heterocycles. The van der Waals surface area contributed by atoms with Crippen molar-refractivity contribution in [2.24, 2.45) is 10.9 Å². The van der Waals surface area contributed by atoms with Gasteiger partial charge in [-0.05, 0) is 18.2 Å². The number of hydrogen-bond donors (Lipinski definition) is 3. The van der Waals surface area contributed by atoms with Crippen LogP contribution in [0.15, 0.2) is 41.9 Å². The van der Waals surface area contributed by atoms with Crippen LogP contribution in [0.5, 0.6) is 5.75 Å². The highest BCUT2D eigenvalue weighted by molar-refractivity contribution is 6.04. The zero-order valence-electron chi connectivity index (χ0n) is 11.1. The lowest BCUT2D eigenvalue weighted by atomic mass is 10.1. The number of aromatic nitrogens is 2. The second-order valence-electron chi connectivity index (χ2n) is 3.95. The number of anilines is 1. The van der Waals surface area contributed by atoms with Gasteiger partial charge in [0.25, 0.3) is 5.91 Å². The summed E-state index contributed by atoms with van der Waals surface area (Å²) in [6, 6.07) is 4.71. The number of ether oxygens (including phenoxy) is 1. The van der Waals surface area contributed by atoms with Crippen molar-refractivity contribution >= 4 is 17.4 Å². The van der Waals surface area contributed by atoms with Crippen LogP contribution in [-0.2, 0) is 0 Å². The SMILES string of the molecule is COc1cc(/C(N)=N/O)ccc1NC(=O)c1cnccn1. The molecule has 21 heavy (non-hydrogen) atoms. The van der Waals surface area contributed by atoms with Crippen molar-refractivity contribution < 1.29 is 14.7 Å².